The summed E-state index contributed by atoms with van der Waals surface area (Å²) in [4.78, 5) is 17.5. The van der Waals surface area contributed by atoms with Crippen LogP contribution in [0.4, 0.5) is 0 Å². The summed E-state index contributed by atoms with van der Waals surface area (Å²) >= 11 is 3.30. The van der Waals surface area contributed by atoms with E-state index in [0.29, 0.717) is 0 Å². The van der Waals surface area contributed by atoms with Gasteiger partial charge < -0.3 is 4.40 Å². The number of amides is 1. The summed E-state index contributed by atoms with van der Waals surface area (Å²) in [6.07, 6.45) is 4.83. The third kappa shape index (κ3) is 1.83. The number of nitrogens with zero attached hydrogens (tertiary/aromatic N) is 5. The number of aromatic nitrogens is 2. The molecule has 2 rings (SSSR count). The summed E-state index contributed by atoms with van der Waals surface area (Å²) in [5.74, 6) is -0.691. The Morgan fingerprint density at radius 3 is 3.13 bits per heavy atom. The van der Waals surface area contributed by atoms with Crippen molar-refractivity contribution in [2.75, 3.05) is 0 Å². The molecule has 15 heavy (non-hydrogen) atoms. The molecule has 2 aromatic rings. The first-order valence-electron chi connectivity index (χ1n) is 3.93. The second kappa shape index (κ2) is 3.72. The predicted molar refractivity (Wildman–Crippen MR) is 56.4 cm³/mol. The molecule has 74 valence electrons. The van der Waals surface area contributed by atoms with Gasteiger partial charge in [-0.3, -0.25) is 4.79 Å². The number of fused-ring (bicyclic) bond motifs is 1. The van der Waals surface area contributed by atoms with Crippen LogP contribution in [0.3, 0.4) is 0 Å². The second-order valence-corrected chi connectivity index (χ2v) is 3.67. The molecule has 1 amide bonds. The number of hydrogen-bond donors (Lipinski definition) is 0. The Labute approximate surface area is 92.3 Å². The highest BCUT2D eigenvalue weighted by atomic mass is 79.9. The third-order valence-corrected chi connectivity index (χ3v) is 2.23. The number of carbonyl (C=O) groups excluding carboxylic acids is 1. The molecular formula is C8H4BrN5O. The molecule has 0 aromatic carbocycles. The molecule has 0 saturated heterocycles. The van der Waals surface area contributed by atoms with Gasteiger partial charge in [-0.05, 0) is 32.6 Å². The van der Waals surface area contributed by atoms with Gasteiger partial charge in [-0.2, -0.15) is 0 Å². The number of halogens is 1. The van der Waals surface area contributed by atoms with Gasteiger partial charge in [-0.15, -0.1) is 0 Å². The lowest BCUT2D eigenvalue weighted by Crippen LogP contribution is -1.99. The number of hydrogen-bond acceptors (Lipinski definition) is 2. The van der Waals surface area contributed by atoms with Crippen LogP contribution < -0.4 is 0 Å². The van der Waals surface area contributed by atoms with Crippen molar-refractivity contribution in [2.24, 2.45) is 5.11 Å². The second-order valence-electron chi connectivity index (χ2n) is 2.76. The zero-order valence-electron chi connectivity index (χ0n) is 7.33. The summed E-state index contributed by atoms with van der Waals surface area (Å²) in [7, 11) is 0. The number of carbonyl (C=O) groups is 1. The highest BCUT2D eigenvalue weighted by Crippen LogP contribution is 2.15. The van der Waals surface area contributed by atoms with Crippen LogP contribution >= 0.6 is 15.9 Å². The zero-order valence-corrected chi connectivity index (χ0v) is 8.92. The van der Waals surface area contributed by atoms with Crippen molar-refractivity contribution in [3.63, 3.8) is 0 Å². The normalized spacial score (nSPS) is 9.93. The largest absolute Gasteiger partial charge is 0.319 e. The topological polar surface area (TPSA) is 83.1 Å². The lowest BCUT2D eigenvalue weighted by molar-refractivity contribution is 0.0995. The van der Waals surface area contributed by atoms with Crippen LogP contribution in [0, 0.1) is 0 Å². The summed E-state index contributed by atoms with van der Waals surface area (Å²) in [5, 5.41) is 2.96. The van der Waals surface area contributed by atoms with E-state index in [0.717, 1.165) is 9.99 Å². The van der Waals surface area contributed by atoms with Gasteiger partial charge in [0.2, 0.25) is 0 Å². The fourth-order valence-electron chi connectivity index (χ4n) is 1.18. The van der Waals surface area contributed by atoms with Gasteiger partial charge >= 0.3 is 0 Å². The van der Waals surface area contributed by atoms with Crippen molar-refractivity contribution in [3.05, 3.63) is 45.3 Å². The van der Waals surface area contributed by atoms with Gasteiger partial charge in [0, 0.05) is 21.8 Å². The maximum absolute atomic E-state index is 11.2. The molecule has 0 radical (unpaired) electrons. The lowest BCUT2D eigenvalue weighted by atomic mass is 10.4. The molecule has 0 unspecified atom stereocenters. The van der Waals surface area contributed by atoms with Crippen molar-refractivity contribution < 1.29 is 4.79 Å². The molecule has 0 N–H and O–H groups in total. The molecule has 0 aliphatic carbocycles. The van der Waals surface area contributed by atoms with Crippen LogP contribution in [-0.2, 0) is 0 Å². The quantitative estimate of drug-likeness (QED) is 0.451. The van der Waals surface area contributed by atoms with E-state index < -0.39 is 5.91 Å². The monoisotopic (exact) mass is 265 g/mol. The average Bonchev–Trinajstić information content (AvgIpc) is 2.57. The van der Waals surface area contributed by atoms with Gasteiger partial charge in [0.25, 0.3) is 5.91 Å². The first kappa shape index (κ1) is 9.70. The third-order valence-electron chi connectivity index (χ3n) is 1.80. The molecule has 0 atom stereocenters. The molecule has 0 aliphatic heterocycles. The van der Waals surface area contributed by atoms with E-state index in [4.69, 9.17) is 5.53 Å². The molecular weight excluding hydrogens is 262 g/mol. The van der Waals surface area contributed by atoms with Crippen molar-refractivity contribution in [1.82, 2.24) is 9.38 Å². The van der Waals surface area contributed by atoms with Crippen LogP contribution in [0.5, 0.6) is 0 Å². The molecule has 0 saturated carbocycles. The van der Waals surface area contributed by atoms with Crippen molar-refractivity contribution in [3.8, 4) is 0 Å². The summed E-state index contributed by atoms with van der Waals surface area (Å²) in [6.45, 7) is 0. The maximum Gasteiger partial charge on any atom is 0.268 e. The summed E-state index contributed by atoms with van der Waals surface area (Å²) < 4.78 is 2.61. The van der Waals surface area contributed by atoms with Gasteiger partial charge in [-0.1, -0.05) is 0 Å². The minimum absolute atomic E-state index is 0.114. The number of rotatable bonds is 1. The van der Waals surface area contributed by atoms with E-state index in [1.54, 1.807) is 10.6 Å². The smallest absolute Gasteiger partial charge is 0.268 e. The Morgan fingerprint density at radius 2 is 2.40 bits per heavy atom. The van der Waals surface area contributed by atoms with Crippen molar-refractivity contribution in [1.29, 1.82) is 0 Å². The van der Waals surface area contributed by atoms with Crippen LogP contribution in [0.15, 0.2) is 34.2 Å². The first-order valence-corrected chi connectivity index (χ1v) is 4.72. The fraction of sp³-hybridized carbons (Fsp3) is 0. The molecule has 6 nitrogen and oxygen atoms in total. The van der Waals surface area contributed by atoms with E-state index in [1.165, 1.54) is 12.4 Å². The fourth-order valence-corrected chi connectivity index (χ4v) is 1.63. The molecule has 0 bridgehead atoms. The maximum atomic E-state index is 11.2. The Hall–Kier alpha value is -1.85. The Bertz CT molecular complexity index is 584. The van der Waals surface area contributed by atoms with E-state index in [-0.39, 0.29) is 5.69 Å². The van der Waals surface area contributed by atoms with E-state index in [1.807, 2.05) is 6.07 Å². The summed E-state index contributed by atoms with van der Waals surface area (Å²) in [6, 6.07) is 1.86. The first-order chi connectivity index (χ1) is 7.20. The zero-order chi connectivity index (χ0) is 10.8. The highest BCUT2D eigenvalue weighted by Gasteiger charge is 2.06. The van der Waals surface area contributed by atoms with Gasteiger partial charge in [0.05, 0.1) is 11.7 Å². The van der Waals surface area contributed by atoms with Crippen LogP contribution in [0.1, 0.15) is 10.5 Å². The predicted octanol–water partition coefficient (Wildman–Crippen LogP) is 2.55. The van der Waals surface area contributed by atoms with Crippen LogP contribution in [0.2, 0.25) is 0 Å². The van der Waals surface area contributed by atoms with E-state index in [9.17, 15) is 4.79 Å². The van der Waals surface area contributed by atoms with Gasteiger partial charge in [0.15, 0.2) is 0 Å². The van der Waals surface area contributed by atoms with Crippen LogP contribution in [0.25, 0.3) is 16.0 Å². The molecule has 0 fully saturated rings. The van der Waals surface area contributed by atoms with Gasteiger partial charge in [0.1, 0.15) is 5.69 Å². The Kier molecular flexibility index (Phi) is 2.40. The van der Waals surface area contributed by atoms with Crippen LogP contribution in [-0.4, -0.2) is 15.3 Å². The SMILES string of the molecule is [N-]=[N+]=NC(=O)c1cn2cc(Br)cc2cn1. The molecule has 7 heteroatoms. The number of azide groups is 1. The highest BCUT2D eigenvalue weighted by molar-refractivity contribution is 9.10. The molecule has 2 heterocycles. The standard InChI is InChI=1S/C8H4BrN5O/c9-5-1-6-2-11-7(4-14(6)3-5)8(15)12-13-10/h1-4H. The van der Waals surface area contributed by atoms with Gasteiger partial charge in [-0.25, -0.2) is 4.98 Å². The average molecular weight is 266 g/mol. The lowest BCUT2D eigenvalue weighted by Gasteiger charge is -1.96. The van der Waals surface area contributed by atoms with E-state index in [2.05, 4.69) is 30.9 Å². The van der Waals surface area contributed by atoms with Crippen molar-refractivity contribution >= 4 is 27.4 Å². The summed E-state index contributed by atoms with van der Waals surface area (Å²) in [5.41, 5.74) is 9.07. The molecule has 0 aliphatic rings. The minimum atomic E-state index is -0.691. The van der Waals surface area contributed by atoms with E-state index >= 15 is 0 Å². The minimum Gasteiger partial charge on any atom is -0.319 e. The Morgan fingerprint density at radius 1 is 1.60 bits per heavy atom. The molecule has 2 aromatic heterocycles. The van der Waals surface area contributed by atoms with Crippen molar-refractivity contribution in [2.45, 2.75) is 0 Å². The molecule has 0 spiro atoms. The Balaban J connectivity index is 2.55.